The molecule has 0 aliphatic heterocycles. The van der Waals surface area contributed by atoms with Crippen molar-refractivity contribution >= 4 is 11.8 Å². The summed E-state index contributed by atoms with van der Waals surface area (Å²) < 4.78 is 0. The van der Waals surface area contributed by atoms with Crippen LogP contribution in [0.1, 0.15) is 60.4 Å². The molecule has 160 valence electrons. The van der Waals surface area contributed by atoms with E-state index in [2.05, 4.69) is 29.6 Å². The average molecular weight is 407 g/mol. The van der Waals surface area contributed by atoms with E-state index in [4.69, 9.17) is 0 Å². The van der Waals surface area contributed by atoms with Crippen LogP contribution < -0.4 is 5.32 Å². The first-order valence-electron chi connectivity index (χ1n) is 11.0. The zero-order chi connectivity index (χ0) is 21.7. The zero-order valence-electron chi connectivity index (χ0n) is 18.7. The summed E-state index contributed by atoms with van der Waals surface area (Å²) >= 11 is 0. The molecule has 4 nitrogen and oxygen atoms in total. The molecule has 0 saturated heterocycles. The van der Waals surface area contributed by atoms with Crippen LogP contribution in [0.2, 0.25) is 0 Å². The highest BCUT2D eigenvalue weighted by Gasteiger charge is 2.28. The van der Waals surface area contributed by atoms with Crippen LogP contribution in [0.25, 0.3) is 0 Å². The number of nitrogens with zero attached hydrogens (tertiary/aromatic N) is 1. The predicted octanol–water partition coefficient (Wildman–Crippen LogP) is 4.63. The molecule has 0 spiro atoms. The largest absolute Gasteiger partial charge is 0.352 e. The van der Waals surface area contributed by atoms with Crippen LogP contribution in [0.5, 0.6) is 0 Å². The minimum Gasteiger partial charge on any atom is -0.352 e. The fourth-order valence-corrected chi connectivity index (χ4v) is 4.43. The lowest BCUT2D eigenvalue weighted by atomic mass is 10.0. The molecule has 0 aromatic heterocycles. The number of hydrogen-bond donors (Lipinski definition) is 1. The summed E-state index contributed by atoms with van der Waals surface area (Å²) in [5.41, 5.74) is 5.49. The van der Waals surface area contributed by atoms with Gasteiger partial charge in [0.15, 0.2) is 0 Å². The third-order valence-corrected chi connectivity index (χ3v) is 5.94. The van der Waals surface area contributed by atoms with Gasteiger partial charge < -0.3 is 10.2 Å². The van der Waals surface area contributed by atoms with E-state index >= 15 is 0 Å². The number of aryl methyl sites for hydroxylation is 3. The third-order valence-electron chi connectivity index (χ3n) is 5.94. The number of hydrogen-bond acceptors (Lipinski definition) is 2. The summed E-state index contributed by atoms with van der Waals surface area (Å²) in [6.45, 7) is 8.41. The van der Waals surface area contributed by atoms with Gasteiger partial charge in [-0.25, -0.2) is 0 Å². The molecule has 2 amide bonds. The van der Waals surface area contributed by atoms with E-state index in [9.17, 15) is 9.59 Å². The number of carbonyl (C=O) groups excluding carboxylic acids is 2. The summed E-state index contributed by atoms with van der Waals surface area (Å²) in [4.78, 5) is 28.0. The van der Waals surface area contributed by atoms with Crippen molar-refractivity contribution in [1.82, 2.24) is 10.2 Å². The molecular formula is C26H34N2O2. The van der Waals surface area contributed by atoms with E-state index in [1.807, 2.05) is 45.9 Å². The maximum Gasteiger partial charge on any atom is 0.242 e. The number of benzene rings is 2. The van der Waals surface area contributed by atoms with Gasteiger partial charge in [-0.3, -0.25) is 9.59 Å². The number of carbonyl (C=O) groups is 2. The summed E-state index contributed by atoms with van der Waals surface area (Å²) in [7, 11) is 0. The average Bonchev–Trinajstić information content (AvgIpc) is 3.17. The highest BCUT2D eigenvalue weighted by molar-refractivity contribution is 5.88. The Hall–Kier alpha value is -2.62. The van der Waals surface area contributed by atoms with Gasteiger partial charge in [-0.1, -0.05) is 72.0 Å². The molecular weight excluding hydrogens is 372 g/mol. The number of rotatable bonds is 7. The van der Waals surface area contributed by atoms with E-state index in [0.717, 1.165) is 53.5 Å². The SMILES string of the molecule is Cc1cc(C)cc(CC(=O)N(Cc2cccc(C)c2)[C@H](C)C(=O)NC2CCCC2)c1. The highest BCUT2D eigenvalue weighted by atomic mass is 16.2. The van der Waals surface area contributed by atoms with Crippen molar-refractivity contribution in [2.24, 2.45) is 0 Å². The first-order valence-corrected chi connectivity index (χ1v) is 11.0. The topological polar surface area (TPSA) is 49.4 Å². The van der Waals surface area contributed by atoms with Crippen LogP contribution in [0.3, 0.4) is 0 Å². The maximum atomic E-state index is 13.4. The fraction of sp³-hybridized carbons (Fsp3) is 0.462. The van der Waals surface area contributed by atoms with Crippen LogP contribution in [-0.2, 0) is 22.6 Å². The lowest BCUT2D eigenvalue weighted by Gasteiger charge is -2.30. The van der Waals surface area contributed by atoms with Crippen LogP contribution in [0, 0.1) is 20.8 Å². The second-order valence-electron chi connectivity index (χ2n) is 8.85. The summed E-state index contributed by atoms with van der Waals surface area (Å²) in [5, 5.41) is 3.16. The van der Waals surface area contributed by atoms with Crippen molar-refractivity contribution < 1.29 is 9.59 Å². The summed E-state index contributed by atoms with van der Waals surface area (Å²) in [5.74, 6) is -0.0705. The highest BCUT2D eigenvalue weighted by Crippen LogP contribution is 2.19. The standard InChI is InChI=1S/C26H34N2O2/c1-18-8-7-9-22(13-18)17-28(21(4)26(30)27-24-10-5-6-11-24)25(29)16-23-14-19(2)12-20(3)15-23/h7-9,12-15,21,24H,5-6,10-11,16-17H2,1-4H3,(H,27,30)/t21-/m1/s1. The zero-order valence-corrected chi connectivity index (χ0v) is 18.7. The maximum absolute atomic E-state index is 13.4. The van der Waals surface area contributed by atoms with Crippen LogP contribution in [0.4, 0.5) is 0 Å². The normalized spacial score (nSPS) is 15.1. The Kier molecular flexibility index (Phi) is 7.30. The molecule has 0 heterocycles. The summed E-state index contributed by atoms with van der Waals surface area (Å²) in [6.07, 6.45) is 4.70. The van der Waals surface area contributed by atoms with Gasteiger partial charge in [-0.2, -0.15) is 0 Å². The molecule has 2 aromatic carbocycles. The Morgan fingerprint density at radius 2 is 1.60 bits per heavy atom. The number of nitrogens with one attached hydrogen (secondary N) is 1. The van der Waals surface area contributed by atoms with Crippen molar-refractivity contribution in [3.63, 3.8) is 0 Å². The van der Waals surface area contributed by atoms with E-state index in [-0.39, 0.29) is 17.9 Å². The molecule has 0 unspecified atom stereocenters. The van der Waals surface area contributed by atoms with E-state index in [1.54, 1.807) is 4.90 Å². The number of amides is 2. The van der Waals surface area contributed by atoms with Gasteiger partial charge in [0.25, 0.3) is 0 Å². The minimum atomic E-state index is -0.510. The Bertz CT molecular complexity index is 879. The van der Waals surface area contributed by atoms with Crippen molar-refractivity contribution in [1.29, 1.82) is 0 Å². The first-order chi connectivity index (χ1) is 14.3. The van der Waals surface area contributed by atoms with Crippen molar-refractivity contribution in [3.8, 4) is 0 Å². The van der Waals surface area contributed by atoms with Gasteiger partial charge >= 0.3 is 0 Å². The van der Waals surface area contributed by atoms with Gasteiger partial charge in [0.05, 0.1) is 6.42 Å². The molecule has 30 heavy (non-hydrogen) atoms. The van der Waals surface area contributed by atoms with E-state index in [0.29, 0.717) is 13.0 Å². The molecule has 3 rings (SSSR count). The molecule has 1 saturated carbocycles. The van der Waals surface area contributed by atoms with Gasteiger partial charge in [-0.05, 0) is 51.7 Å². The van der Waals surface area contributed by atoms with E-state index in [1.165, 1.54) is 0 Å². The molecule has 4 heteroatoms. The second kappa shape index (κ2) is 9.92. The lowest BCUT2D eigenvalue weighted by Crippen LogP contribution is -2.50. The van der Waals surface area contributed by atoms with Crippen LogP contribution in [-0.4, -0.2) is 28.8 Å². The Morgan fingerprint density at radius 3 is 2.23 bits per heavy atom. The molecule has 1 aliphatic rings. The van der Waals surface area contributed by atoms with Crippen LogP contribution >= 0.6 is 0 Å². The minimum absolute atomic E-state index is 0.0180. The summed E-state index contributed by atoms with van der Waals surface area (Å²) in [6, 6.07) is 14.1. The van der Waals surface area contributed by atoms with Crippen LogP contribution in [0.15, 0.2) is 42.5 Å². The fourth-order valence-electron chi connectivity index (χ4n) is 4.43. The van der Waals surface area contributed by atoms with Crippen molar-refractivity contribution in [3.05, 3.63) is 70.3 Å². The van der Waals surface area contributed by atoms with Gasteiger partial charge in [0.2, 0.25) is 11.8 Å². The van der Waals surface area contributed by atoms with Crippen molar-refractivity contribution in [2.75, 3.05) is 0 Å². The van der Waals surface area contributed by atoms with Gasteiger partial charge in [0, 0.05) is 12.6 Å². The third kappa shape index (κ3) is 5.94. The molecule has 0 bridgehead atoms. The monoisotopic (exact) mass is 406 g/mol. The predicted molar refractivity (Wildman–Crippen MR) is 121 cm³/mol. The quantitative estimate of drug-likeness (QED) is 0.729. The Morgan fingerprint density at radius 1 is 0.967 bits per heavy atom. The van der Waals surface area contributed by atoms with E-state index < -0.39 is 6.04 Å². The molecule has 1 N–H and O–H groups in total. The molecule has 1 fully saturated rings. The lowest BCUT2D eigenvalue weighted by molar-refractivity contribution is -0.140. The first kappa shape index (κ1) is 22.1. The van der Waals surface area contributed by atoms with Gasteiger partial charge in [0.1, 0.15) is 6.04 Å². The Balaban J connectivity index is 1.79. The second-order valence-corrected chi connectivity index (χ2v) is 8.85. The van der Waals surface area contributed by atoms with Gasteiger partial charge in [-0.15, -0.1) is 0 Å². The molecule has 2 aromatic rings. The smallest absolute Gasteiger partial charge is 0.242 e. The van der Waals surface area contributed by atoms with Crippen molar-refractivity contribution in [2.45, 2.75) is 78.4 Å². The Labute approximate surface area is 180 Å². The molecule has 1 atom stereocenters. The molecule has 0 radical (unpaired) electrons. The molecule has 1 aliphatic carbocycles.